The van der Waals surface area contributed by atoms with Crippen LogP contribution < -0.4 is 5.32 Å². The van der Waals surface area contributed by atoms with Gasteiger partial charge < -0.3 is 15.1 Å². The molecule has 2 heterocycles. The molecule has 9 heteroatoms. The summed E-state index contributed by atoms with van der Waals surface area (Å²) in [5, 5.41) is 12.1. The van der Waals surface area contributed by atoms with E-state index in [9.17, 15) is 22.8 Å². The van der Waals surface area contributed by atoms with E-state index in [1.54, 1.807) is 0 Å². The van der Waals surface area contributed by atoms with Crippen LogP contribution in [0, 0.1) is 34.8 Å². The molecule has 1 aromatic rings. The molecule has 0 spiro atoms. The van der Waals surface area contributed by atoms with Crippen LogP contribution in [0.15, 0.2) is 18.2 Å². The summed E-state index contributed by atoms with van der Waals surface area (Å²) in [6.45, 7) is 0.831. The average Bonchev–Trinajstić information content (AvgIpc) is 2.98. The average molecular weight is 392 g/mol. The Balaban J connectivity index is 1.27. The first-order valence-corrected chi connectivity index (χ1v) is 9.20. The quantitative estimate of drug-likeness (QED) is 0.832. The van der Waals surface area contributed by atoms with Gasteiger partial charge in [-0.25, -0.2) is 13.2 Å². The fraction of sp³-hybridized carbons (Fsp3) is 0.526. The van der Waals surface area contributed by atoms with Gasteiger partial charge in [-0.15, -0.1) is 0 Å². The Bertz CT molecular complexity index is 846. The number of fused-ring (bicyclic) bond motifs is 1. The second kappa shape index (κ2) is 7.09. The maximum absolute atomic E-state index is 13.8. The number of halogens is 3. The molecule has 4 unspecified atom stereocenters. The number of likely N-dealkylation sites (tertiary alicyclic amines) is 2. The molecular weight excluding hydrogens is 373 g/mol. The van der Waals surface area contributed by atoms with E-state index in [0.29, 0.717) is 19.2 Å². The minimum Gasteiger partial charge on any atom is -0.338 e. The van der Waals surface area contributed by atoms with Crippen molar-refractivity contribution >= 4 is 11.8 Å². The number of rotatable bonds is 4. The molecule has 0 aromatic heterocycles. The molecule has 4 atom stereocenters. The van der Waals surface area contributed by atoms with Crippen LogP contribution in [-0.2, 0) is 4.79 Å². The lowest BCUT2D eigenvalue weighted by molar-refractivity contribution is -0.130. The van der Waals surface area contributed by atoms with Crippen LogP contribution in [-0.4, -0.2) is 66.0 Å². The van der Waals surface area contributed by atoms with Crippen molar-refractivity contribution in [3.63, 3.8) is 0 Å². The van der Waals surface area contributed by atoms with Gasteiger partial charge >= 0.3 is 0 Å². The van der Waals surface area contributed by atoms with Crippen LogP contribution in [0.2, 0.25) is 0 Å². The molecule has 2 amide bonds. The molecule has 1 aromatic carbocycles. The lowest BCUT2D eigenvalue weighted by atomic mass is 10.1. The van der Waals surface area contributed by atoms with Crippen LogP contribution in [0.4, 0.5) is 13.2 Å². The van der Waals surface area contributed by atoms with Crippen molar-refractivity contribution < 1.29 is 22.8 Å². The highest BCUT2D eigenvalue weighted by atomic mass is 19.1. The highest BCUT2D eigenvalue weighted by Gasteiger charge is 2.56. The van der Waals surface area contributed by atoms with E-state index >= 15 is 0 Å². The van der Waals surface area contributed by atoms with E-state index in [-0.39, 0.29) is 48.9 Å². The molecule has 6 nitrogen and oxygen atoms in total. The van der Waals surface area contributed by atoms with Crippen molar-refractivity contribution in [3.05, 3.63) is 35.4 Å². The van der Waals surface area contributed by atoms with Crippen molar-refractivity contribution in [2.24, 2.45) is 11.8 Å². The second-order valence-corrected chi connectivity index (χ2v) is 7.59. The van der Waals surface area contributed by atoms with Crippen LogP contribution in [0.5, 0.6) is 0 Å². The number of nitriles is 1. The topological polar surface area (TPSA) is 76.4 Å². The number of alkyl halides is 1. The first-order valence-electron chi connectivity index (χ1n) is 9.20. The predicted molar refractivity (Wildman–Crippen MR) is 91.7 cm³/mol. The van der Waals surface area contributed by atoms with Crippen molar-refractivity contribution in [3.8, 4) is 6.07 Å². The lowest BCUT2D eigenvalue weighted by Gasteiger charge is -2.22. The fourth-order valence-electron chi connectivity index (χ4n) is 4.32. The van der Waals surface area contributed by atoms with Crippen LogP contribution in [0.3, 0.4) is 0 Å². The van der Waals surface area contributed by atoms with E-state index < -0.39 is 29.8 Å². The van der Waals surface area contributed by atoms with Gasteiger partial charge in [0.05, 0.1) is 24.7 Å². The van der Waals surface area contributed by atoms with Gasteiger partial charge in [0.15, 0.2) is 0 Å². The van der Waals surface area contributed by atoms with Gasteiger partial charge in [-0.3, -0.25) is 9.59 Å². The maximum Gasteiger partial charge on any atom is 0.256 e. The van der Waals surface area contributed by atoms with Crippen molar-refractivity contribution in [1.82, 2.24) is 15.1 Å². The summed E-state index contributed by atoms with van der Waals surface area (Å²) in [7, 11) is 0. The molecule has 28 heavy (non-hydrogen) atoms. The van der Waals surface area contributed by atoms with E-state index in [2.05, 4.69) is 5.32 Å². The van der Waals surface area contributed by atoms with Gasteiger partial charge in [-0.2, -0.15) is 5.26 Å². The van der Waals surface area contributed by atoms with Gasteiger partial charge in [0, 0.05) is 31.6 Å². The monoisotopic (exact) mass is 392 g/mol. The molecule has 0 radical (unpaired) electrons. The van der Waals surface area contributed by atoms with Crippen molar-refractivity contribution in [2.45, 2.75) is 24.7 Å². The third-order valence-corrected chi connectivity index (χ3v) is 5.85. The van der Waals surface area contributed by atoms with Gasteiger partial charge in [-0.05, 0) is 24.0 Å². The van der Waals surface area contributed by atoms with Crippen LogP contribution >= 0.6 is 0 Å². The van der Waals surface area contributed by atoms with Crippen molar-refractivity contribution in [2.75, 3.05) is 26.2 Å². The van der Waals surface area contributed by atoms with Crippen molar-refractivity contribution in [1.29, 1.82) is 5.26 Å². The number of nitrogens with zero attached hydrogens (tertiary/aromatic N) is 3. The standard InChI is InChI=1S/C19H19F3N4O2/c20-10-1-2-13(16(22)4-10)19(28)25-8-14-15(9-25)18(14)24-6-17(27)26-7-11(21)3-12(26)5-23/h1-2,4,11-12,14-15,18,24H,3,6-9H2. The first-order chi connectivity index (χ1) is 13.4. The minimum atomic E-state index is -1.17. The van der Waals surface area contributed by atoms with E-state index in [1.807, 2.05) is 6.07 Å². The molecule has 1 saturated carbocycles. The first kappa shape index (κ1) is 18.7. The summed E-state index contributed by atoms with van der Waals surface area (Å²) < 4.78 is 40.2. The highest BCUT2D eigenvalue weighted by Crippen LogP contribution is 2.45. The molecule has 2 aliphatic heterocycles. The van der Waals surface area contributed by atoms with Gasteiger partial charge in [-0.1, -0.05) is 0 Å². The summed E-state index contributed by atoms with van der Waals surface area (Å²) in [5.41, 5.74) is -0.153. The van der Waals surface area contributed by atoms with Crippen LogP contribution in [0.1, 0.15) is 16.8 Å². The largest absolute Gasteiger partial charge is 0.338 e. The Morgan fingerprint density at radius 1 is 1.21 bits per heavy atom. The number of carbonyl (C=O) groups is 2. The molecule has 3 aliphatic rings. The highest BCUT2D eigenvalue weighted by molar-refractivity contribution is 5.94. The van der Waals surface area contributed by atoms with E-state index in [1.165, 1.54) is 9.80 Å². The normalized spacial score (nSPS) is 30.9. The number of carbonyl (C=O) groups excluding carboxylic acids is 2. The maximum atomic E-state index is 13.8. The molecule has 0 bridgehead atoms. The summed E-state index contributed by atoms with van der Waals surface area (Å²) in [4.78, 5) is 27.5. The summed E-state index contributed by atoms with van der Waals surface area (Å²) in [6.07, 6.45) is -1.12. The van der Waals surface area contributed by atoms with Gasteiger partial charge in [0.2, 0.25) is 5.91 Å². The third-order valence-electron chi connectivity index (χ3n) is 5.85. The Labute approximate surface area is 159 Å². The number of nitrogens with one attached hydrogen (secondary N) is 1. The molecule has 148 valence electrons. The number of hydrogen-bond acceptors (Lipinski definition) is 4. The van der Waals surface area contributed by atoms with Crippen LogP contribution in [0.25, 0.3) is 0 Å². The van der Waals surface area contributed by atoms with Gasteiger partial charge in [0.25, 0.3) is 5.91 Å². The van der Waals surface area contributed by atoms with E-state index in [0.717, 1.165) is 12.1 Å². The summed E-state index contributed by atoms with van der Waals surface area (Å²) in [5.74, 6) is -2.06. The fourth-order valence-corrected chi connectivity index (χ4v) is 4.32. The number of amides is 2. The Kier molecular flexibility index (Phi) is 4.75. The molecule has 3 fully saturated rings. The second-order valence-electron chi connectivity index (χ2n) is 7.59. The Hall–Kier alpha value is -2.60. The Morgan fingerprint density at radius 2 is 1.93 bits per heavy atom. The molecule has 4 rings (SSSR count). The number of hydrogen-bond donors (Lipinski definition) is 1. The zero-order valence-electron chi connectivity index (χ0n) is 14.9. The molecular formula is C19H19F3N4O2. The summed E-state index contributed by atoms with van der Waals surface area (Å²) in [6, 6.07) is 4.18. The SMILES string of the molecule is N#CC1CC(F)CN1C(=O)CNC1C2CN(C(=O)c3ccc(F)cc3F)CC21. The Morgan fingerprint density at radius 3 is 2.57 bits per heavy atom. The number of piperidine rings is 1. The smallest absolute Gasteiger partial charge is 0.256 e. The molecule has 1 aliphatic carbocycles. The summed E-state index contributed by atoms with van der Waals surface area (Å²) >= 11 is 0. The third kappa shape index (κ3) is 3.33. The van der Waals surface area contributed by atoms with E-state index in [4.69, 9.17) is 5.26 Å². The number of benzene rings is 1. The zero-order valence-corrected chi connectivity index (χ0v) is 14.9. The predicted octanol–water partition coefficient (Wildman–Crippen LogP) is 1.09. The lowest BCUT2D eigenvalue weighted by Crippen LogP contribution is -2.43. The zero-order chi connectivity index (χ0) is 20.0. The minimum absolute atomic E-state index is 0.0170. The van der Waals surface area contributed by atoms with Gasteiger partial charge in [0.1, 0.15) is 23.8 Å². The molecule has 2 saturated heterocycles. The molecule has 1 N–H and O–H groups in total.